The average molecular weight is 281 g/mol. The van der Waals surface area contributed by atoms with Crippen molar-refractivity contribution in [3.8, 4) is 5.75 Å². The Morgan fingerprint density at radius 2 is 1.95 bits per heavy atom. The number of ether oxygens (including phenoxy) is 1. The van der Waals surface area contributed by atoms with Gasteiger partial charge in [-0.05, 0) is 19.0 Å². The Bertz CT molecular complexity index is 534. The molecule has 0 amide bonds. The van der Waals surface area contributed by atoms with Gasteiger partial charge < -0.3 is 14.5 Å². The van der Waals surface area contributed by atoms with Crippen molar-refractivity contribution in [2.24, 2.45) is 0 Å². The molecule has 0 bridgehead atoms. The first-order valence-electron chi connectivity index (χ1n) is 6.54. The van der Waals surface area contributed by atoms with Crippen molar-refractivity contribution in [3.63, 3.8) is 0 Å². The Hall–Kier alpha value is -1.88. The zero-order chi connectivity index (χ0) is 14.4. The van der Waals surface area contributed by atoms with Crippen LogP contribution in [0.1, 0.15) is 24.7 Å². The summed E-state index contributed by atoms with van der Waals surface area (Å²) in [5.74, 6) is -0.374. The molecule has 108 valence electrons. The fourth-order valence-corrected chi connectivity index (χ4v) is 1.80. The zero-order valence-corrected chi connectivity index (χ0v) is 11.3. The highest BCUT2D eigenvalue weighted by Gasteiger charge is 2.08. The SMILES string of the molecule is CCCNCc1occc1COc1cc(F)cc(F)c1. The van der Waals surface area contributed by atoms with Gasteiger partial charge in [0.2, 0.25) is 0 Å². The third kappa shape index (κ3) is 4.06. The lowest BCUT2D eigenvalue weighted by molar-refractivity contribution is 0.298. The Morgan fingerprint density at radius 3 is 2.65 bits per heavy atom. The van der Waals surface area contributed by atoms with Gasteiger partial charge in [0.1, 0.15) is 29.8 Å². The fraction of sp³-hybridized carbons (Fsp3) is 0.333. The number of halogens is 2. The van der Waals surface area contributed by atoms with Crippen LogP contribution in [0.15, 0.2) is 34.9 Å². The molecule has 0 saturated carbocycles. The molecule has 0 fully saturated rings. The molecule has 0 spiro atoms. The standard InChI is InChI=1S/C15H17F2NO2/c1-2-4-18-9-15-11(3-5-19-15)10-20-14-7-12(16)6-13(17)8-14/h3,5-8,18H,2,4,9-10H2,1H3. The third-order valence-electron chi connectivity index (χ3n) is 2.78. The zero-order valence-electron chi connectivity index (χ0n) is 11.3. The number of hydrogen-bond donors (Lipinski definition) is 1. The lowest BCUT2D eigenvalue weighted by Crippen LogP contribution is -2.14. The predicted octanol–water partition coefficient (Wildman–Crippen LogP) is 3.64. The van der Waals surface area contributed by atoms with Gasteiger partial charge in [-0.15, -0.1) is 0 Å². The van der Waals surface area contributed by atoms with Gasteiger partial charge in [-0.1, -0.05) is 6.92 Å². The van der Waals surface area contributed by atoms with Crippen molar-refractivity contribution in [2.75, 3.05) is 6.54 Å². The van der Waals surface area contributed by atoms with Crippen molar-refractivity contribution in [2.45, 2.75) is 26.5 Å². The van der Waals surface area contributed by atoms with Crippen LogP contribution < -0.4 is 10.1 Å². The van der Waals surface area contributed by atoms with E-state index >= 15 is 0 Å². The lowest BCUT2D eigenvalue weighted by atomic mass is 10.2. The first-order valence-corrected chi connectivity index (χ1v) is 6.54. The second-order valence-corrected chi connectivity index (χ2v) is 4.44. The van der Waals surface area contributed by atoms with Crippen molar-refractivity contribution in [1.29, 1.82) is 0 Å². The Kier molecular flexibility index (Phi) is 5.12. The molecule has 0 unspecified atom stereocenters. The van der Waals surface area contributed by atoms with Crippen molar-refractivity contribution in [3.05, 3.63) is 53.5 Å². The summed E-state index contributed by atoms with van der Waals surface area (Å²) in [6.07, 6.45) is 2.61. The van der Waals surface area contributed by atoms with E-state index in [0.29, 0.717) is 6.54 Å². The van der Waals surface area contributed by atoms with E-state index in [-0.39, 0.29) is 12.4 Å². The maximum absolute atomic E-state index is 13.0. The molecule has 3 nitrogen and oxygen atoms in total. The van der Waals surface area contributed by atoms with Gasteiger partial charge in [0.05, 0.1) is 12.8 Å². The van der Waals surface area contributed by atoms with Crippen LogP contribution in [0.3, 0.4) is 0 Å². The molecule has 1 aromatic carbocycles. The van der Waals surface area contributed by atoms with Gasteiger partial charge in [-0.3, -0.25) is 0 Å². The minimum absolute atomic E-state index is 0.163. The van der Waals surface area contributed by atoms with Crippen LogP contribution in [0, 0.1) is 11.6 Å². The Balaban J connectivity index is 1.95. The van der Waals surface area contributed by atoms with Crippen LogP contribution in [0.25, 0.3) is 0 Å². The molecular formula is C15H17F2NO2. The second-order valence-electron chi connectivity index (χ2n) is 4.44. The molecule has 0 aliphatic rings. The highest BCUT2D eigenvalue weighted by molar-refractivity contribution is 5.25. The van der Waals surface area contributed by atoms with E-state index in [1.807, 2.05) is 0 Å². The van der Waals surface area contributed by atoms with Crippen LogP contribution in [-0.2, 0) is 13.2 Å². The highest BCUT2D eigenvalue weighted by Crippen LogP contribution is 2.18. The van der Waals surface area contributed by atoms with E-state index in [1.54, 1.807) is 12.3 Å². The molecular weight excluding hydrogens is 264 g/mol. The molecule has 5 heteroatoms. The maximum atomic E-state index is 13.0. The number of furan rings is 1. The summed E-state index contributed by atoms with van der Waals surface area (Å²) in [6, 6.07) is 4.90. The molecule has 0 aliphatic carbocycles. The molecule has 20 heavy (non-hydrogen) atoms. The van der Waals surface area contributed by atoms with Crippen molar-refractivity contribution >= 4 is 0 Å². The van der Waals surface area contributed by atoms with E-state index in [4.69, 9.17) is 9.15 Å². The van der Waals surface area contributed by atoms with Crippen LogP contribution in [-0.4, -0.2) is 6.54 Å². The molecule has 0 atom stereocenters. The molecule has 0 aliphatic heterocycles. The molecule has 0 radical (unpaired) electrons. The van der Waals surface area contributed by atoms with Gasteiger partial charge >= 0.3 is 0 Å². The minimum Gasteiger partial charge on any atom is -0.489 e. The number of nitrogens with one attached hydrogen (secondary N) is 1. The van der Waals surface area contributed by atoms with Gasteiger partial charge in [0.15, 0.2) is 0 Å². The Labute approximate surface area is 116 Å². The molecule has 1 aromatic heterocycles. The van der Waals surface area contributed by atoms with Crippen molar-refractivity contribution < 1.29 is 17.9 Å². The number of benzene rings is 1. The summed E-state index contributed by atoms with van der Waals surface area (Å²) in [7, 11) is 0. The molecule has 1 N–H and O–H groups in total. The fourth-order valence-electron chi connectivity index (χ4n) is 1.80. The van der Waals surface area contributed by atoms with Gasteiger partial charge in [0, 0.05) is 23.8 Å². The normalized spacial score (nSPS) is 10.8. The highest BCUT2D eigenvalue weighted by atomic mass is 19.1. The average Bonchev–Trinajstić information content (AvgIpc) is 2.83. The third-order valence-corrected chi connectivity index (χ3v) is 2.78. The largest absolute Gasteiger partial charge is 0.489 e. The first kappa shape index (κ1) is 14.5. The van der Waals surface area contributed by atoms with Crippen LogP contribution in [0.5, 0.6) is 5.75 Å². The van der Waals surface area contributed by atoms with E-state index in [2.05, 4.69) is 12.2 Å². The summed E-state index contributed by atoms with van der Waals surface area (Å²) >= 11 is 0. The molecule has 1 heterocycles. The Morgan fingerprint density at radius 1 is 1.20 bits per heavy atom. The lowest BCUT2D eigenvalue weighted by Gasteiger charge is -2.07. The van der Waals surface area contributed by atoms with Crippen LogP contribution >= 0.6 is 0 Å². The van der Waals surface area contributed by atoms with E-state index in [1.165, 1.54) is 0 Å². The molecule has 2 aromatic rings. The summed E-state index contributed by atoms with van der Waals surface area (Å²) in [6.45, 7) is 3.80. The van der Waals surface area contributed by atoms with Gasteiger partial charge in [-0.25, -0.2) is 8.78 Å². The van der Waals surface area contributed by atoms with Crippen LogP contribution in [0.2, 0.25) is 0 Å². The number of rotatable bonds is 7. The summed E-state index contributed by atoms with van der Waals surface area (Å²) in [5, 5.41) is 3.22. The quantitative estimate of drug-likeness (QED) is 0.787. The summed E-state index contributed by atoms with van der Waals surface area (Å²) in [4.78, 5) is 0. The maximum Gasteiger partial charge on any atom is 0.129 e. The molecule has 0 saturated heterocycles. The van der Waals surface area contributed by atoms with Gasteiger partial charge in [0.25, 0.3) is 0 Å². The topological polar surface area (TPSA) is 34.4 Å². The summed E-state index contributed by atoms with van der Waals surface area (Å²) < 4.78 is 36.8. The smallest absolute Gasteiger partial charge is 0.129 e. The predicted molar refractivity (Wildman–Crippen MR) is 71.4 cm³/mol. The van der Waals surface area contributed by atoms with E-state index in [9.17, 15) is 8.78 Å². The van der Waals surface area contributed by atoms with E-state index in [0.717, 1.165) is 42.5 Å². The van der Waals surface area contributed by atoms with Crippen LogP contribution in [0.4, 0.5) is 8.78 Å². The van der Waals surface area contributed by atoms with Gasteiger partial charge in [-0.2, -0.15) is 0 Å². The summed E-state index contributed by atoms with van der Waals surface area (Å²) in [5.41, 5.74) is 0.860. The van der Waals surface area contributed by atoms with E-state index < -0.39 is 11.6 Å². The monoisotopic (exact) mass is 281 g/mol. The second kappa shape index (κ2) is 7.05. The number of hydrogen-bond acceptors (Lipinski definition) is 3. The minimum atomic E-state index is -0.656. The van der Waals surface area contributed by atoms with Crippen molar-refractivity contribution in [1.82, 2.24) is 5.32 Å². The first-order chi connectivity index (χ1) is 9.69. The molecule has 2 rings (SSSR count).